The van der Waals surface area contributed by atoms with E-state index in [-0.39, 0.29) is 19.0 Å². The van der Waals surface area contributed by atoms with E-state index >= 15 is 0 Å². The fraction of sp³-hybridized carbons (Fsp3) is 0.333. The lowest BCUT2D eigenvalue weighted by molar-refractivity contribution is -0.119. The van der Waals surface area contributed by atoms with Crippen LogP contribution in [-0.4, -0.2) is 28.8 Å². The van der Waals surface area contributed by atoms with Gasteiger partial charge >= 0.3 is 0 Å². The Morgan fingerprint density at radius 2 is 2.57 bits per heavy atom. The molecule has 74 valence electrons. The Labute approximate surface area is 82.5 Å². The summed E-state index contributed by atoms with van der Waals surface area (Å²) in [7, 11) is 1.81. The molecule has 14 heavy (non-hydrogen) atoms. The van der Waals surface area contributed by atoms with Gasteiger partial charge in [0.2, 0.25) is 5.91 Å². The molecule has 0 fully saturated rings. The predicted octanol–water partition coefficient (Wildman–Crippen LogP) is -0.419. The van der Waals surface area contributed by atoms with E-state index in [0.717, 1.165) is 0 Å². The van der Waals surface area contributed by atoms with Crippen LogP contribution < -0.4 is 10.6 Å². The molecule has 0 unspecified atom stereocenters. The summed E-state index contributed by atoms with van der Waals surface area (Å²) in [6.45, 7) is 0.432. The summed E-state index contributed by atoms with van der Waals surface area (Å²) in [4.78, 5) is 11.1. The van der Waals surface area contributed by atoms with Crippen molar-refractivity contribution in [3.63, 3.8) is 0 Å². The minimum absolute atomic E-state index is 0.145. The van der Waals surface area contributed by atoms with Crippen LogP contribution in [0.1, 0.15) is 0 Å². The molecule has 0 atom stereocenters. The number of aromatic nitrogens is 2. The Kier molecular flexibility index (Phi) is 3.56. The monoisotopic (exact) mass is 192 g/mol. The van der Waals surface area contributed by atoms with Crippen molar-refractivity contribution < 1.29 is 4.79 Å². The van der Waals surface area contributed by atoms with Crippen molar-refractivity contribution in [1.82, 2.24) is 15.1 Å². The first-order chi connectivity index (χ1) is 6.72. The lowest BCUT2D eigenvalue weighted by atomic mass is 10.5. The van der Waals surface area contributed by atoms with Gasteiger partial charge < -0.3 is 10.6 Å². The second-order valence-electron chi connectivity index (χ2n) is 2.71. The smallest absolute Gasteiger partial charge is 0.240 e. The second kappa shape index (κ2) is 4.92. The molecular weight excluding hydrogens is 180 g/mol. The Morgan fingerprint density at radius 1 is 1.79 bits per heavy atom. The highest BCUT2D eigenvalue weighted by atomic mass is 16.1. The van der Waals surface area contributed by atoms with Crippen LogP contribution in [0.3, 0.4) is 0 Å². The first-order valence-electron chi connectivity index (χ1n) is 4.16. The van der Waals surface area contributed by atoms with Crippen LogP contribution in [0.25, 0.3) is 0 Å². The minimum Gasteiger partial charge on any atom is -0.360 e. The van der Waals surface area contributed by atoms with Crippen LogP contribution in [-0.2, 0) is 11.8 Å². The quantitative estimate of drug-likeness (QED) is 0.637. The normalized spacial score (nSPS) is 9.14. The number of amides is 1. The van der Waals surface area contributed by atoms with Crippen LogP contribution in [0.4, 0.5) is 5.82 Å². The molecule has 0 bridgehead atoms. The van der Waals surface area contributed by atoms with Gasteiger partial charge in [0.25, 0.3) is 0 Å². The van der Waals surface area contributed by atoms with Gasteiger partial charge in [0.1, 0.15) is 5.82 Å². The zero-order chi connectivity index (χ0) is 10.4. The number of carbonyl (C=O) groups excluding carboxylic acids is 1. The van der Waals surface area contributed by atoms with Crippen molar-refractivity contribution in [2.24, 2.45) is 7.05 Å². The molecule has 0 saturated heterocycles. The summed E-state index contributed by atoms with van der Waals surface area (Å²) in [5.41, 5.74) is 0. The molecule has 1 aromatic rings. The van der Waals surface area contributed by atoms with Crippen molar-refractivity contribution in [1.29, 1.82) is 0 Å². The van der Waals surface area contributed by atoms with Gasteiger partial charge in [0, 0.05) is 19.3 Å². The molecule has 2 N–H and O–H groups in total. The third kappa shape index (κ3) is 3.19. The number of carbonyl (C=O) groups is 1. The summed E-state index contributed by atoms with van der Waals surface area (Å²) in [5.74, 6) is 2.85. The fourth-order valence-corrected chi connectivity index (χ4v) is 0.892. The molecule has 0 aliphatic carbocycles. The number of anilines is 1. The fourth-order valence-electron chi connectivity index (χ4n) is 0.892. The number of nitrogens with one attached hydrogen (secondary N) is 2. The molecule has 0 aliphatic heterocycles. The summed E-state index contributed by atoms with van der Waals surface area (Å²) in [6.07, 6.45) is 6.78. The average molecular weight is 192 g/mol. The van der Waals surface area contributed by atoms with Gasteiger partial charge in [0.15, 0.2) is 0 Å². The van der Waals surface area contributed by atoms with Gasteiger partial charge in [-0.3, -0.25) is 9.48 Å². The van der Waals surface area contributed by atoms with E-state index in [2.05, 4.69) is 21.7 Å². The maximum absolute atomic E-state index is 11.1. The highest BCUT2D eigenvalue weighted by Crippen LogP contribution is 1.98. The first kappa shape index (κ1) is 10.1. The zero-order valence-corrected chi connectivity index (χ0v) is 7.95. The molecule has 1 rings (SSSR count). The molecule has 0 radical (unpaired) electrons. The molecule has 0 saturated carbocycles. The van der Waals surface area contributed by atoms with Crippen molar-refractivity contribution in [2.45, 2.75) is 0 Å². The minimum atomic E-state index is -0.145. The Morgan fingerprint density at radius 3 is 3.14 bits per heavy atom. The van der Waals surface area contributed by atoms with Gasteiger partial charge in [-0.15, -0.1) is 6.42 Å². The second-order valence-corrected chi connectivity index (χ2v) is 2.71. The highest BCUT2D eigenvalue weighted by Gasteiger charge is 2.00. The van der Waals surface area contributed by atoms with Crippen molar-refractivity contribution in [3.05, 3.63) is 12.3 Å². The van der Waals surface area contributed by atoms with Crippen molar-refractivity contribution in [3.8, 4) is 12.3 Å². The van der Waals surface area contributed by atoms with Gasteiger partial charge in [-0.1, -0.05) is 5.92 Å². The van der Waals surface area contributed by atoms with Gasteiger partial charge in [0.05, 0.1) is 13.1 Å². The molecule has 5 heteroatoms. The maximum Gasteiger partial charge on any atom is 0.240 e. The largest absolute Gasteiger partial charge is 0.360 e. The van der Waals surface area contributed by atoms with E-state index in [1.807, 2.05) is 7.05 Å². The number of hydrogen-bond acceptors (Lipinski definition) is 3. The predicted molar refractivity (Wildman–Crippen MR) is 53.5 cm³/mol. The zero-order valence-electron chi connectivity index (χ0n) is 7.95. The Balaban J connectivity index is 2.27. The summed E-state index contributed by atoms with van der Waals surface area (Å²) in [6, 6.07) is 1.79. The number of nitrogens with zero attached hydrogens (tertiary/aromatic N) is 2. The number of aryl methyl sites for hydroxylation is 1. The summed E-state index contributed by atoms with van der Waals surface area (Å²) in [5, 5.41) is 9.45. The maximum atomic E-state index is 11.1. The standard InChI is InChI=1S/C9H12N4O/c1-3-5-10-9(14)7-11-8-4-6-13(2)12-8/h1,4,6H,5,7H2,2H3,(H,10,14)(H,11,12). The SMILES string of the molecule is C#CCNC(=O)CNc1ccn(C)n1. The van der Waals surface area contributed by atoms with E-state index in [4.69, 9.17) is 6.42 Å². The molecular formula is C9H12N4O. The molecule has 0 aromatic carbocycles. The summed E-state index contributed by atoms with van der Waals surface area (Å²) >= 11 is 0. The molecule has 1 amide bonds. The first-order valence-corrected chi connectivity index (χ1v) is 4.16. The lowest BCUT2D eigenvalue weighted by Crippen LogP contribution is -2.30. The number of rotatable bonds is 4. The summed E-state index contributed by atoms with van der Waals surface area (Å²) < 4.78 is 1.65. The van der Waals surface area contributed by atoms with E-state index < -0.39 is 0 Å². The van der Waals surface area contributed by atoms with Gasteiger partial charge in [-0.2, -0.15) is 5.10 Å². The number of hydrogen-bond donors (Lipinski definition) is 2. The van der Waals surface area contributed by atoms with Gasteiger partial charge in [-0.05, 0) is 0 Å². The topological polar surface area (TPSA) is 59.0 Å². The van der Waals surface area contributed by atoms with E-state index in [0.29, 0.717) is 5.82 Å². The molecule has 5 nitrogen and oxygen atoms in total. The van der Waals surface area contributed by atoms with Crippen LogP contribution in [0.2, 0.25) is 0 Å². The lowest BCUT2D eigenvalue weighted by Gasteiger charge is -2.02. The van der Waals surface area contributed by atoms with Crippen LogP contribution >= 0.6 is 0 Å². The third-order valence-corrected chi connectivity index (χ3v) is 1.53. The van der Waals surface area contributed by atoms with E-state index in [1.54, 1.807) is 16.9 Å². The van der Waals surface area contributed by atoms with Crippen molar-refractivity contribution >= 4 is 11.7 Å². The average Bonchev–Trinajstić information content (AvgIpc) is 2.58. The van der Waals surface area contributed by atoms with Crippen LogP contribution in [0.15, 0.2) is 12.3 Å². The Bertz CT molecular complexity index is 350. The molecule has 0 spiro atoms. The third-order valence-electron chi connectivity index (χ3n) is 1.53. The Hall–Kier alpha value is -1.96. The highest BCUT2D eigenvalue weighted by molar-refractivity contribution is 5.80. The molecule has 0 aliphatic rings. The van der Waals surface area contributed by atoms with Crippen molar-refractivity contribution in [2.75, 3.05) is 18.4 Å². The van der Waals surface area contributed by atoms with Crippen LogP contribution in [0, 0.1) is 12.3 Å². The van der Waals surface area contributed by atoms with Gasteiger partial charge in [-0.25, -0.2) is 0 Å². The van der Waals surface area contributed by atoms with E-state index in [1.165, 1.54) is 0 Å². The van der Waals surface area contributed by atoms with E-state index in [9.17, 15) is 4.79 Å². The number of terminal acetylenes is 1. The molecule has 1 aromatic heterocycles. The van der Waals surface area contributed by atoms with Crippen LogP contribution in [0.5, 0.6) is 0 Å². The molecule has 1 heterocycles.